The van der Waals surface area contributed by atoms with E-state index in [4.69, 9.17) is 14.6 Å². The molecule has 0 fully saturated rings. The molecule has 7 heteroatoms. The van der Waals surface area contributed by atoms with Gasteiger partial charge in [0.2, 0.25) is 5.91 Å². The van der Waals surface area contributed by atoms with Gasteiger partial charge in [-0.2, -0.15) is 0 Å². The molecule has 0 spiro atoms. The predicted molar refractivity (Wildman–Crippen MR) is 75.1 cm³/mol. The van der Waals surface area contributed by atoms with Gasteiger partial charge in [0.25, 0.3) is 5.91 Å². The molecule has 2 amide bonds. The molecule has 2 rings (SSSR count). The Balaban J connectivity index is 2.09. The number of ether oxygens (including phenoxy) is 2. The van der Waals surface area contributed by atoms with Gasteiger partial charge >= 0.3 is 0 Å². The van der Waals surface area contributed by atoms with Crippen LogP contribution < -0.4 is 15.0 Å². The monoisotopic (exact) mass is 294 g/mol. The number of hydrogen-bond acceptors (Lipinski definition) is 5. The molecule has 1 aromatic carbocycles. The second-order valence-corrected chi connectivity index (χ2v) is 4.57. The Bertz CT molecular complexity index is 532. The number of methoxy groups -OCH3 is 1. The summed E-state index contributed by atoms with van der Waals surface area (Å²) in [6.45, 7) is 0.510. The molecule has 0 saturated heterocycles. The van der Waals surface area contributed by atoms with Crippen LogP contribution in [0.4, 0.5) is 5.69 Å². The number of carbonyl (C=O) groups excluding carboxylic acids is 2. The van der Waals surface area contributed by atoms with E-state index in [1.165, 1.54) is 4.90 Å². The van der Waals surface area contributed by atoms with Crippen molar-refractivity contribution in [2.75, 3.05) is 38.3 Å². The number of carbonyl (C=O) groups is 2. The fourth-order valence-corrected chi connectivity index (χ4v) is 2.01. The average Bonchev–Trinajstić information content (AvgIpc) is 2.50. The third kappa shape index (κ3) is 3.71. The number of nitrogens with zero attached hydrogens (tertiary/aromatic N) is 1. The van der Waals surface area contributed by atoms with E-state index in [0.717, 1.165) is 0 Å². The first-order valence-corrected chi connectivity index (χ1v) is 6.58. The zero-order chi connectivity index (χ0) is 15.2. The van der Waals surface area contributed by atoms with Crippen LogP contribution in [0.3, 0.4) is 0 Å². The summed E-state index contributed by atoms with van der Waals surface area (Å²) in [4.78, 5) is 25.1. The Morgan fingerprint density at radius 2 is 2.33 bits per heavy atom. The Kier molecular flexibility index (Phi) is 5.13. The Morgan fingerprint density at radius 3 is 3.05 bits per heavy atom. The van der Waals surface area contributed by atoms with Crippen LogP contribution in [0.15, 0.2) is 18.2 Å². The Hall–Kier alpha value is -2.12. The summed E-state index contributed by atoms with van der Waals surface area (Å²) in [5.41, 5.74) is 1.22. The largest absolute Gasteiger partial charge is 0.482 e. The third-order valence-corrected chi connectivity index (χ3v) is 3.08. The van der Waals surface area contributed by atoms with Crippen LogP contribution in [0.1, 0.15) is 5.56 Å². The number of hydrogen-bond donors (Lipinski definition) is 2. The molecule has 7 nitrogen and oxygen atoms in total. The third-order valence-electron chi connectivity index (χ3n) is 3.08. The number of fused-ring (bicyclic) bond motifs is 1. The number of benzene rings is 1. The maximum Gasteiger partial charge on any atom is 0.265 e. The van der Waals surface area contributed by atoms with Gasteiger partial charge in [0.1, 0.15) is 12.3 Å². The zero-order valence-electron chi connectivity index (χ0n) is 11.8. The minimum absolute atomic E-state index is 0.0720. The van der Waals surface area contributed by atoms with Crippen molar-refractivity contribution in [3.8, 4) is 5.75 Å². The van der Waals surface area contributed by atoms with Crippen molar-refractivity contribution in [3.05, 3.63) is 23.8 Å². The zero-order valence-corrected chi connectivity index (χ0v) is 11.8. The SMILES string of the molecule is COCCNC(=O)CN1C(=O)COc2cc(CO)ccc21. The van der Waals surface area contributed by atoms with E-state index in [1.807, 2.05) is 0 Å². The highest BCUT2D eigenvalue weighted by atomic mass is 16.5. The number of rotatable bonds is 6. The van der Waals surface area contributed by atoms with E-state index in [9.17, 15) is 9.59 Å². The molecular formula is C14H18N2O5. The van der Waals surface area contributed by atoms with Crippen molar-refractivity contribution >= 4 is 17.5 Å². The van der Waals surface area contributed by atoms with Crippen LogP contribution >= 0.6 is 0 Å². The van der Waals surface area contributed by atoms with E-state index < -0.39 is 0 Å². The molecule has 0 saturated carbocycles. The number of amides is 2. The molecule has 0 aliphatic carbocycles. The standard InChI is InChI=1S/C14H18N2O5/c1-20-5-4-15-13(18)7-16-11-3-2-10(8-17)6-12(11)21-9-14(16)19/h2-3,6,17H,4-5,7-9H2,1H3,(H,15,18). The highest BCUT2D eigenvalue weighted by Gasteiger charge is 2.27. The lowest BCUT2D eigenvalue weighted by Gasteiger charge is -2.29. The molecule has 0 aromatic heterocycles. The molecule has 0 atom stereocenters. The first kappa shape index (κ1) is 15.3. The van der Waals surface area contributed by atoms with Crippen molar-refractivity contribution in [3.63, 3.8) is 0 Å². The first-order valence-electron chi connectivity index (χ1n) is 6.58. The maximum atomic E-state index is 11.9. The molecule has 114 valence electrons. The summed E-state index contributed by atoms with van der Waals surface area (Å²) in [5.74, 6) is -0.0496. The average molecular weight is 294 g/mol. The van der Waals surface area contributed by atoms with Gasteiger partial charge < -0.3 is 19.9 Å². The molecule has 1 aliphatic heterocycles. The van der Waals surface area contributed by atoms with Gasteiger partial charge in [0, 0.05) is 13.7 Å². The Labute approximate surface area is 122 Å². The summed E-state index contributed by atoms with van der Waals surface area (Å²) in [6, 6.07) is 5.02. The van der Waals surface area contributed by atoms with Crippen molar-refractivity contribution in [2.45, 2.75) is 6.61 Å². The van der Waals surface area contributed by atoms with E-state index in [2.05, 4.69) is 5.32 Å². The summed E-state index contributed by atoms with van der Waals surface area (Å²) in [7, 11) is 1.55. The van der Waals surface area contributed by atoms with Crippen LogP contribution in [-0.2, 0) is 20.9 Å². The summed E-state index contributed by atoms with van der Waals surface area (Å²) in [5, 5.41) is 11.8. The van der Waals surface area contributed by atoms with Gasteiger partial charge in [0.05, 0.1) is 18.9 Å². The lowest BCUT2D eigenvalue weighted by molar-refractivity contribution is -0.125. The lowest BCUT2D eigenvalue weighted by atomic mass is 10.1. The maximum absolute atomic E-state index is 11.9. The highest BCUT2D eigenvalue weighted by Crippen LogP contribution is 2.32. The first-order chi connectivity index (χ1) is 10.2. The molecule has 1 aliphatic rings. The highest BCUT2D eigenvalue weighted by molar-refractivity contribution is 6.02. The Morgan fingerprint density at radius 1 is 1.52 bits per heavy atom. The van der Waals surface area contributed by atoms with Crippen molar-refractivity contribution in [1.29, 1.82) is 0 Å². The van der Waals surface area contributed by atoms with Crippen LogP contribution in [0.5, 0.6) is 5.75 Å². The smallest absolute Gasteiger partial charge is 0.265 e. The topological polar surface area (TPSA) is 88.1 Å². The van der Waals surface area contributed by atoms with Crippen molar-refractivity contribution < 1.29 is 24.2 Å². The van der Waals surface area contributed by atoms with E-state index in [0.29, 0.717) is 30.2 Å². The molecule has 2 N–H and O–H groups in total. The van der Waals surface area contributed by atoms with Crippen molar-refractivity contribution in [1.82, 2.24) is 5.32 Å². The fraction of sp³-hybridized carbons (Fsp3) is 0.429. The quantitative estimate of drug-likeness (QED) is 0.701. The van der Waals surface area contributed by atoms with Crippen LogP contribution in [0.25, 0.3) is 0 Å². The number of aliphatic hydroxyl groups excluding tert-OH is 1. The second-order valence-electron chi connectivity index (χ2n) is 4.57. The van der Waals surface area contributed by atoms with E-state index in [1.54, 1.807) is 25.3 Å². The molecular weight excluding hydrogens is 276 g/mol. The van der Waals surface area contributed by atoms with Gasteiger partial charge in [-0.3, -0.25) is 14.5 Å². The number of anilines is 1. The molecule has 0 radical (unpaired) electrons. The predicted octanol–water partition coefficient (Wildman–Crippen LogP) is -0.333. The molecule has 1 heterocycles. The van der Waals surface area contributed by atoms with E-state index in [-0.39, 0.29) is 31.6 Å². The summed E-state index contributed by atoms with van der Waals surface area (Å²) in [6.07, 6.45) is 0. The van der Waals surface area contributed by atoms with Gasteiger partial charge in [0.15, 0.2) is 6.61 Å². The second kappa shape index (κ2) is 7.05. The molecule has 0 unspecified atom stereocenters. The minimum atomic E-state index is -0.277. The number of aliphatic hydroxyl groups is 1. The summed E-state index contributed by atoms with van der Waals surface area (Å²) < 4.78 is 10.2. The molecule has 21 heavy (non-hydrogen) atoms. The lowest BCUT2D eigenvalue weighted by Crippen LogP contribution is -2.45. The van der Waals surface area contributed by atoms with Crippen LogP contribution in [-0.4, -0.2) is 50.3 Å². The van der Waals surface area contributed by atoms with Crippen molar-refractivity contribution in [2.24, 2.45) is 0 Å². The minimum Gasteiger partial charge on any atom is -0.482 e. The van der Waals surface area contributed by atoms with Gasteiger partial charge in [-0.15, -0.1) is 0 Å². The van der Waals surface area contributed by atoms with E-state index >= 15 is 0 Å². The molecule has 0 bridgehead atoms. The van der Waals surface area contributed by atoms with Gasteiger partial charge in [-0.1, -0.05) is 6.07 Å². The van der Waals surface area contributed by atoms with Gasteiger partial charge in [-0.05, 0) is 17.7 Å². The van der Waals surface area contributed by atoms with Crippen LogP contribution in [0.2, 0.25) is 0 Å². The summed E-state index contributed by atoms with van der Waals surface area (Å²) >= 11 is 0. The normalized spacial score (nSPS) is 13.6. The van der Waals surface area contributed by atoms with Crippen LogP contribution in [0, 0.1) is 0 Å². The van der Waals surface area contributed by atoms with Gasteiger partial charge in [-0.25, -0.2) is 0 Å². The fourth-order valence-electron chi connectivity index (χ4n) is 2.01. The molecule has 1 aromatic rings. The number of nitrogens with one attached hydrogen (secondary N) is 1.